The van der Waals surface area contributed by atoms with Crippen molar-refractivity contribution in [3.05, 3.63) is 89.2 Å². The molecular formula is C26H18ClF8N5O. The molecule has 1 saturated heterocycles. The van der Waals surface area contributed by atoms with Crippen LogP contribution in [-0.2, 0) is 17.1 Å². The average Bonchev–Trinajstić information content (AvgIpc) is 2.93. The van der Waals surface area contributed by atoms with Crippen LogP contribution in [0.5, 0.6) is 0 Å². The summed E-state index contributed by atoms with van der Waals surface area (Å²) in [7, 11) is 0. The van der Waals surface area contributed by atoms with Crippen LogP contribution in [0.15, 0.2) is 61.2 Å². The minimum atomic E-state index is -4.66. The molecule has 0 atom stereocenters. The van der Waals surface area contributed by atoms with Crippen molar-refractivity contribution in [1.82, 2.24) is 19.9 Å². The number of ether oxygens (including phenoxy) is 1. The maximum atomic E-state index is 13.4. The maximum absolute atomic E-state index is 13.4. The lowest BCUT2D eigenvalue weighted by Gasteiger charge is -2.30. The lowest BCUT2D eigenvalue weighted by molar-refractivity contribution is -0.141. The molecule has 0 aliphatic carbocycles. The highest BCUT2D eigenvalue weighted by Gasteiger charge is 2.38. The van der Waals surface area contributed by atoms with Crippen LogP contribution in [0.3, 0.4) is 0 Å². The number of alkyl halides is 6. The minimum absolute atomic E-state index is 0.00825. The summed E-state index contributed by atoms with van der Waals surface area (Å²) >= 11 is 5.43. The summed E-state index contributed by atoms with van der Waals surface area (Å²) < 4.78 is 109. The number of hydrogen-bond donors (Lipinski definition) is 0. The van der Waals surface area contributed by atoms with Gasteiger partial charge in [-0.3, -0.25) is 9.97 Å². The van der Waals surface area contributed by atoms with Crippen molar-refractivity contribution in [2.45, 2.75) is 12.4 Å². The Morgan fingerprint density at radius 1 is 0.683 bits per heavy atom. The van der Waals surface area contributed by atoms with Gasteiger partial charge in [0.05, 0.1) is 47.7 Å². The summed E-state index contributed by atoms with van der Waals surface area (Å²) in [6.45, 7) is 1.47. The second-order valence-electron chi connectivity index (χ2n) is 8.47. The highest BCUT2D eigenvalue weighted by molar-refractivity contribution is 6.31. The molecule has 0 spiro atoms. The molecule has 0 unspecified atom stereocenters. The third kappa shape index (κ3) is 7.64. The van der Waals surface area contributed by atoms with Gasteiger partial charge in [0.1, 0.15) is 11.6 Å². The summed E-state index contributed by atoms with van der Waals surface area (Å²) in [4.78, 5) is 15.9. The Morgan fingerprint density at radius 2 is 1.17 bits per heavy atom. The van der Waals surface area contributed by atoms with Gasteiger partial charge in [-0.2, -0.15) is 26.3 Å². The highest BCUT2D eigenvalue weighted by Crippen LogP contribution is 2.37. The normalized spacial score (nSPS) is 13.9. The summed E-state index contributed by atoms with van der Waals surface area (Å²) in [6.07, 6.45) is -4.84. The molecule has 0 saturated carbocycles. The zero-order valence-corrected chi connectivity index (χ0v) is 21.4. The van der Waals surface area contributed by atoms with E-state index in [4.69, 9.17) is 16.3 Å². The van der Waals surface area contributed by atoms with E-state index in [1.54, 1.807) is 4.90 Å². The summed E-state index contributed by atoms with van der Waals surface area (Å²) in [5.41, 5.74) is -1.85. The predicted octanol–water partition coefficient (Wildman–Crippen LogP) is 7.09. The second-order valence-corrected chi connectivity index (χ2v) is 8.88. The molecule has 15 heteroatoms. The van der Waals surface area contributed by atoms with E-state index in [9.17, 15) is 35.1 Å². The number of rotatable bonds is 3. The first kappa shape index (κ1) is 30.1. The number of morpholine rings is 1. The van der Waals surface area contributed by atoms with Crippen molar-refractivity contribution in [2.24, 2.45) is 0 Å². The summed E-state index contributed by atoms with van der Waals surface area (Å²) in [5.74, 6) is -1.28. The van der Waals surface area contributed by atoms with Gasteiger partial charge in [-0.25, -0.2) is 18.7 Å². The molecular weight excluding hydrogens is 586 g/mol. The van der Waals surface area contributed by atoms with E-state index < -0.39 is 40.4 Å². The molecule has 0 bridgehead atoms. The molecule has 0 radical (unpaired) electrons. The molecule has 5 rings (SSSR count). The number of pyridine rings is 4. The smallest absolute Gasteiger partial charge is 0.378 e. The van der Waals surface area contributed by atoms with Crippen LogP contribution in [0, 0.1) is 11.6 Å². The van der Waals surface area contributed by atoms with Gasteiger partial charge in [-0.05, 0) is 36.4 Å². The van der Waals surface area contributed by atoms with Crippen LogP contribution in [0.2, 0.25) is 5.02 Å². The second kappa shape index (κ2) is 12.3. The molecule has 4 aromatic rings. The zero-order chi connectivity index (χ0) is 29.8. The van der Waals surface area contributed by atoms with E-state index in [2.05, 4.69) is 19.9 Å². The number of aromatic nitrogens is 4. The van der Waals surface area contributed by atoms with Crippen molar-refractivity contribution >= 4 is 17.3 Å². The Balaban J connectivity index is 0.000000195. The van der Waals surface area contributed by atoms with Gasteiger partial charge in [0, 0.05) is 36.6 Å². The van der Waals surface area contributed by atoms with Crippen molar-refractivity contribution < 1.29 is 39.9 Å². The molecule has 216 valence electrons. The van der Waals surface area contributed by atoms with E-state index >= 15 is 0 Å². The molecule has 41 heavy (non-hydrogen) atoms. The van der Waals surface area contributed by atoms with E-state index in [1.165, 1.54) is 30.6 Å². The van der Waals surface area contributed by atoms with Crippen LogP contribution >= 0.6 is 11.6 Å². The molecule has 1 aliphatic rings. The number of anilines is 1. The first-order valence-electron chi connectivity index (χ1n) is 11.7. The quantitative estimate of drug-likeness (QED) is 0.233. The van der Waals surface area contributed by atoms with Crippen LogP contribution in [0.25, 0.3) is 22.5 Å². The van der Waals surface area contributed by atoms with Crippen LogP contribution < -0.4 is 4.90 Å². The van der Waals surface area contributed by atoms with Gasteiger partial charge in [-0.1, -0.05) is 11.6 Å². The fourth-order valence-corrected chi connectivity index (χ4v) is 4.00. The topological polar surface area (TPSA) is 64.0 Å². The van der Waals surface area contributed by atoms with Gasteiger partial charge >= 0.3 is 12.4 Å². The van der Waals surface area contributed by atoms with Crippen molar-refractivity contribution in [3.63, 3.8) is 0 Å². The van der Waals surface area contributed by atoms with Crippen LogP contribution in [0.1, 0.15) is 11.4 Å². The van der Waals surface area contributed by atoms with Crippen LogP contribution in [-0.4, -0.2) is 46.2 Å². The predicted molar refractivity (Wildman–Crippen MR) is 133 cm³/mol. The third-order valence-corrected chi connectivity index (χ3v) is 5.92. The maximum Gasteiger partial charge on any atom is 0.435 e. The molecule has 4 aromatic heterocycles. The van der Waals surface area contributed by atoms with Crippen molar-refractivity contribution in [3.8, 4) is 22.5 Å². The lowest BCUT2D eigenvalue weighted by Crippen LogP contribution is -2.37. The lowest BCUT2D eigenvalue weighted by atomic mass is 10.1. The average molecular weight is 604 g/mol. The SMILES string of the molecule is Fc1cncc(-c2ccc(Cl)c(C(F)(F)F)n2)c1.Fc1cncc(-c2ccc(N3CCOCC3)c(C(F)(F)F)n2)c1. The molecule has 0 amide bonds. The monoisotopic (exact) mass is 603 g/mol. The van der Waals surface area contributed by atoms with E-state index in [0.29, 0.717) is 26.3 Å². The molecule has 0 aromatic carbocycles. The minimum Gasteiger partial charge on any atom is -0.378 e. The Bertz CT molecular complexity index is 1510. The first-order chi connectivity index (χ1) is 19.3. The zero-order valence-electron chi connectivity index (χ0n) is 20.6. The first-order valence-corrected chi connectivity index (χ1v) is 12.1. The van der Waals surface area contributed by atoms with Crippen molar-refractivity contribution in [1.29, 1.82) is 0 Å². The molecule has 6 nitrogen and oxygen atoms in total. The number of halogens is 9. The number of hydrogen-bond acceptors (Lipinski definition) is 6. The highest BCUT2D eigenvalue weighted by atomic mass is 35.5. The standard InChI is InChI=1S/C15H13F4N3O.C11H5ClF4N2/c16-11-7-10(8-20-9-11)12-1-2-13(14(21-12)15(17,18)19)22-3-5-23-6-4-22;12-8-1-2-9(18-10(8)11(14,15)16)6-3-7(13)5-17-4-6/h1-2,7-9H,3-6H2;1-5H. The van der Waals surface area contributed by atoms with Gasteiger partial charge in [0.25, 0.3) is 0 Å². The van der Waals surface area contributed by atoms with E-state index in [1.807, 2.05) is 0 Å². The molecule has 5 heterocycles. The molecule has 1 aliphatic heterocycles. The van der Waals surface area contributed by atoms with Gasteiger partial charge < -0.3 is 9.64 Å². The fraction of sp³-hybridized carbons (Fsp3) is 0.231. The third-order valence-electron chi connectivity index (χ3n) is 5.61. The van der Waals surface area contributed by atoms with Gasteiger partial charge in [0.2, 0.25) is 0 Å². The van der Waals surface area contributed by atoms with Gasteiger partial charge in [0.15, 0.2) is 11.4 Å². The molecule has 0 N–H and O–H groups in total. The van der Waals surface area contributed by atoms with Crippen molar-refractivity contribution in [2.75, 3.05) is 31.2 Å². The fourth-order valence-electron chi connectivity index (χ4n) is 3.79. The van der Waals surface area contributed by atoms with E-state index in [-0.39, 0.29) is 28.2 Å². The Labute approximate surface area is 232 Å². The summed E-state index contributed by atoms with van der Waals surface area (Å²) in [5, 5.41) is -0.504. The van der Waals surface area contributed by atoms with E-state index in [0.717, 1.165) is 30.6 Å². The van der Waals surface area contributed by atoms with Crippen LogP contribution in [0.4, 0.5) is 40.8 Å². The largest absolute Gasteiger partial charge is 0.435 e. The Kier molecular flexibility index (Phi) is 9.02. The number of nitrogens with zero attached hydrogens (tertiary/aromatic N) is 5. The Morgan fingerprint density at radius 3 is 1.66 bits per heavy atom. The molecule has 1 fully saturated rings. The summed E-state index contributed by atoms with van der Waals surface area (Å²) in [6, 6.07) is 7.29. The Hall–Kier alpha value is -3.91. The van der Waals surface area contributed by atoms with Gasteiger partial charge in [-0.15, -0.1) is 0 Å².